The standard InChI is InChI=1S/C16H27N3O3S/c1-12(2)10-17-23(20,21)15-11-22-19(5)16(15)13-6-8-14(9-7-13)18(3)4/h6-9,12,15-17H,10-11H2,1-5H3. The van der Waals surface area contributed by atoms with Crippen LogP contribution in [0.15, 0.2) is 24.3 Å². The zero-order valence-corrected chi connectivity index (χ0v) is 15.3. The highest BCUT2D eigenvalue weighted by Crippen LogP contribution is 2.33. The molecule has 0 spiro atoms. The Balaban J connectivity index is 2.24. The summed E-state index contributed by atoms with van der Waals surface area (Å²) >= 11 is 0. The highest BCUT2D eigenvalue weighted by atomic mass is 32.2. The maximum Gasteiger partial charge on any atom is 0.218 e. The van der Waals surface area contributed by atoms with Gasteiger partial charge in [0.2, 0.25) is 10.0 Å². The van der Waals surface area contributed by atoms with Gasteiger partial charge in [0, 0.05) is 33.4 Å². The summed E-state index contributed by atoms with van der Waals surface area (Å²) in [4.78, 5) is 7.52. The number of rotatable bonds is 6. The fourth-order valence-electron chi connectivity index (χ4n) is 2.64. The molecule has 0 aliphatic carbocycles. The number of benzene rings is 1. The minimum absolute atomic E-state index is 0.171. The third-order valence-corrected chi connectivity index (χ3v) is 5.79. The third kappa shape index (κ3) is 4.23. The molecule has 2 rings (SSSR count). The largest absolute Gasteiger partial charge is 0.378 e. The van der Waals surface area contributed by atoms with Crippen molar-refractivity contribution >= 4 is 15.7 Å². The molecule has 1 aliphatic heterocycles. The van der Waals surface area contributed by atoms with Crippen molar-refractivity contribution in [3.63, 3.8) is 0 Å². The Morgan fingerprint density at radius 1 is 1.30 bits per heavy atom. The Labute approximate surface area is 139 Å². The van der Waals surface area contributed by atoms with Gasteiger partial charge in [0.1, 0.15) is 5.25 Å². The first kappa shape index (κ1) is 18.2. The lowest BCUT2D eigenvalue weighted by atomic mass is 10.0. The lowest BCUT2D eigenvalue weighted by Gasteiger charge is -2.24. The van der Waals surface area contributed by atoms with Crippen molar-refractivity contribution in [1.82, 2.24) is 9.79 Å². The van der Waals surface area contributed by atoms with E-state index in [0.29, 0.717) is 6.54 Å². The minimum atomic E-state index is -3.44. The maximum atomic E-state index is 12.6. The van der Waals surface area contributed by atoms with Crippen LogP contribution in [0.4, 0.5) is 5.69 Å². The molecule has 1 aliphatic rings. The van der Waals surface area contributed by atoms with Crippen molar-refractivity contribution in [3.8, 4) is 0 Å². The van der Waals surface area contributed by atoms with Gasteiger partial charge in [0.05, 0.1) is 12.6 Å². The topological polar surface area (TPSA) is 61.9 Å². The fraction of sp³-hybridized carbons (Fsp3) is 0.625. The van der Waals surface area contributed by atoms with E-state index in [1.54, 1.807) is 12.1 Å². The van der Waals surface area contributed by atoms with Gasteiger partial charge in [0.25, 0.3) is 0 Å². The van der Waals surface area contributed by atoms with E-state index in [4.69, 9.17) is 4.84 Å². The van der Waals surface area contributed by atoms with E-state index in [2.05, 4.69) is 4.72 Å². The number of nitrogens with one attached hydrogen (secondary N) is 1. The second-order valence-corrected chi connectivity index (χ2v) is 8.58. The minimum Gasteiger partial charge on any atom is -0.378 e. The molecule has 0 radical (unpaired) electrons. The van der Waals surface area contributed by atoms with Crippen molar-refractivity contribution < 1.29 is 13.3 Å². The van der Waals surface area contributed by atoms with E-state index in [0.717, 1.165) is 11.3 Å². The lowest BCUT2D eigenvalue weighted by Crippen LogP contribution is -2.40. The predicted molar refractivity (Wildman–Crippen MR) is 92.8 cm³/mol. The molecule has 1 heterocycles. The number of nitrogens with zero attached hydrogens (tertiary/aromatic N) is 2. The van der Waals surface area contributed by atoms with Crippen LogP contribution < -0.4 is 9.62 Å². The molecule has 23 heavy (non-hydrogen) atoms. The molecule has 6 nitrogen and oxygen atoms in total. The Bertz CT molecular complexity index is 614. The van der Waals surface area contributed by atoms with Crippen molar-refractivity contribution in [2.75, 3.05) is 39.2 Å². The number of hydrogen-bond acceptors (Lipinski definition) is 5. The van der Waals surface area contributed by atoms with E-state index in [9.17, 15) is 8.42 Å². The van der Waals surface area contributed by atoms with E-state index in [-0.39, 0.29) is 18.6 Å². The van der Waals surface area contributed by atoms with Crippen LogP contribution in [0, 0.1) is 5.92 Å². The van der Waals surface area contributed by atoms with Crippen LogP contribution in [-0.4, -0.2) is 53.0 Å². The van der Waals surface area contributed by atoms with Crippen LogP contribution in [0.3, 0.4) is 0 Å². The molecular formula is C16H27N3O3S. The summed E-state index contributed by atoms with van der Waals surface area (Å²) in [5, 5.41) is 1.03. The monoisotopic (exact) mass is 341 g/mol. The number of hydroxylamine groups is 2. The molecule has 0 bridgehead atoms. The Morgan fingerprint density at radius 2 is 1.91 bits per heavy atom. The summed E-state index contributed by atoms with van der Waals surface area (Å²) in [5.74, 6) is 0.266. The van der Waals surface area contributed by atoms with Gasteiger partial charge in [0.15, 0.2) is 0 Å². The highest BCUT2D eigenvalue weighted by Gasteiger charge is 2.43. The average molecular weight is 341 g/mol. The summed E-state index contributed by atoms with van der Waals surface area (Å²) < 4.78 is 27.9. The molecule has 2 unspecified atom stereocenters. The van der Waals surface area contributed by atoms with Gasteiger partial charge in [-0.3, -0.25) is 4.84 Å². The first-order valence-electron chi connectivity index (χ1n) is 7.84. The van der Waals surface area contributed by atoms with Crippen LogP contribution in [0.5, 0.6) is 0 Å². The predicted octanol–water partition coefficient (Wildman–Crippen LogP) is 1.61. The van der Waals surface area contributed by atoms with Crippen molar-refractivity contribution in [2.45, 2.75) is 25.1 Å². The SMILES string of the molecule is CC(C)CNS(=O)(=O)C1CON(C)C1c1ccc(N(C)C)cc1. The molecule has 0 aromatic heterocycles. The van der Waals surface area contributed by atoms with E-state index >= 15 is 0 Å². The Hall–Kier alpha value is -1.15. The number of anilines is 1. The van der Waals surface area contributed by atoms with Crippen molar-refractivity contribution in [2.24, 2.45) is 5.92 Å². The van der Waals surface area contributed by atoms with Crippen LogP contribution in [0.2, 0.25) is 0 Å². The molecule has 1 saturated heterocycles. The first-order valence-corrected chi connectivity index (χ1v) is 9.38. The molecule has 1 aromatic carbocycles. The molecule has 1 aromatic rings. The Kier molecular flexibility index (Phi) is 5.67. The molecule has 0 amide bonds. The van der Waals surface area contributed by atoms with Crippen LogP contribution in [0.25, 0.3) is 0 Å². The summed E-state index contributed by atoms with van der Waals surface area (Å²) in [6.07, 6.45) is 0. The average Bonchev–Trinajstić information content (AvgIpc) is 2.88. The molecule has 7 heteroatoms. The summed E-state index contributed by atoms with van der Waals surface area (Å²) in [7, 11) is 2.29. The van der Waals surface area contributed by atoms with Crippen LogP contribution in [-0.2, 0) is 14.9 Å². The van der Waals surface area contributed by atoms with Gasteiger partial charge >= 0.3 is 0 Å². The molecule has 1 fully saturated rings. The van der Waals surface area contributed by atoms with Gasteiger partial charge in [-0.2, -0.15) is 5.06 Å². The van der Waals surface area contributed by atoms with Gasteiger partial charge in [-0.1, -0.05) is 26.0 Å². The summed E-state index contributed by atoms with van der Waals surface area (Å²) in [5.41, 5.74) is 2.02. The number of hydrogen-bond donors (Lipinski definition) is 1. The third-order valence-electron chi connectivity index (χ3n) is 4.03. The summed E-state index contributed by atoms with van der Waals surface area (Å²) in [6.45, 7) is 4.58. The zero-order chi connectivity index (χ0) is 17.2. The van der Waals surface area contributed by atoms with Crippen LogP contribution in [0.1, 0.15) is 25.5 Å². The van der Waals surface area contributed by atoms with E-state index < -0.39 is 15.3 Å². The van der Waals surface area contributed by atoms with Crippen LogP contribution >= 0.6 is 0 Å². The van der Waals surface area contributed by atoms with E-state index in [1.165, 1.54) is 0 Å². The van der Waals surface area contributed by atoms with Crippen molar-refractivity contribution in [3.05, 3.63) is 29.8 Å². The smallest absolute Gasteiger partial charge is 0.218 e. The molecule has 1 N–H and O–H groups in total. The maximum absolute atomic E-state index is 12.6. The van der Waals surface area contributed by atoms with Gasteiger partial charge in [-0.25, -0.2) is 13.1 Å². The second-order valence-electron chi connectivity index (χ2n) is 6.60. The Morgan fingerprint density at radius 3 is 2.43 bits per heavy atom. The quantitative estimate of drug-likeness (QED) is 0.852. The molecule has 0 saturated carbocycles. The fourth-order valence-corrected chi connectivity index (χ4v) is 4.33. The first-order chi connectivity index (χ1) is 10.7. The van der Waals surface area contributed by atoms with Gasteiger partial charge in [-0.15, -0.1) is 0 Å². The molecular weight excluding hydrogens is 314 g/mol. The second kappa shape index (κ2) is 7.17. The zero-order valence-electron chi connectivity index (χ0n) is 14.5. The number of sulfonamides is 1. The summed E-state index contributed by atoms with van der Waals surface area (Å²) in [6, 6.07) is 7.61. The highest BCUT2D eigenvalue weighted by molar-refractivity contribution is 7.90. The van der Waals surface area contributed by atoms with Gasteiger partial charge in [-0.05, 0) is 23.6 Å². The van der Waals surface area contributed by atoms with Crippen molar-refractivity contribution in [1.29, 1.82) is 0 Å². The lowest BCUT2D eigenvalue weighted by molar-refractivity contribution is -0.110. The normalized spacial score (nSPS) is 22.7. The molecule has 130 valence electrons. The van der Waals surface area contributed by atoms with Gasteiger partial charge < -0.3 is 4.90 Å². The molecule has 2 atom stereocenters. The van der Waals surface area contributed by atoms with E-state index in [1.807, 2.05) is 57.1 Å².